The molecule has 2 aromatic carbocycles. The standard InChI is InChI=1S/C38H57N5O7Si.C30H50N4O7Si/c1-12-28-21-27(18-19-39-28)24-48-35(46)30-17-14-20-43(42-30)34(45)31(40-33(44)32(25(2)3)41-36(47)49-37(4,5)6)23-26-15-13-16-29(22-26)50-51(10,11)38(7,8)9;1-19(2)24(32-28(39)40-29(3,4)5)25(35)31-23(26(36)34-16-12-15-22(33-34)27(37)38)18-20-13-11-14-21(17-20)41-42(9,10)30(6,7)8/h12-13,15-16,18-19,21-22,25,30-32,42H,1,14,17,20,23-24H2,2-11H3,(H,40,44)(H,41,47);11,13-14,17,19,22-24,33H,12,15-16,18H2,1-10H3,(H,31,35)(H,32,39)(H,37,38)/t30-,31-,32-;22-,23-,24-/m00/s1. The summed E-state index contributed by atoms with van der Waals surface area (Å²) in [4.78, 5) is 109. The number of esters is 1. The molecule has 6 amide bonds. The molecular formula is C68H107N9O14Si2. The average molecular weight is 1330 g/mol. The van der Waals surface area contributed by atoms with Crippen molar-refractivity contribution in [3.05, 3.63) is 95.8 Å². The molecule has 0 unspecified atom stereocenters. The van der Waals surface area contributed by atoms with Crippen LogP contribution >= 0.6 is 0 Å². The number of aliphatic carboxylic acids is 1. The SMILES string of the molecule is C=Cc1cc(COC(=O)[C@@H]2CCCN(C(=O)[C@H](Cc3cccc(O[Si](C)(C)C(C)(C)C)c3)NC(=O)[C@@H](NC(=O)OC(C)(C)C)C(C)C)N2)ccn1.CC(C)[C@H](NC(=O)OC(C)(C)C)C(=O)N[C@@H](Cc1cccc(O[Si](C)(C)C(C)(C)C)c1)C(=O)N1CCC[C@@H](C(=O)O)N1. The Morgan fingerprint density at radius 1 is 0.613 bits per heavy atom. The van der Waals surface area contributed by atoms with Crippen LogP contribution < -0.4 is 41.0 Å². The number of aromatic nitrogens is 1. The van der Waals surface area contributed by atoms with Gasteiger partial charge >= 0.3 is 24.1 Å². The number of hydrazine groups is 2. The third-order valence-electron chi connectivity index (χ3n) is 16.4. The number of pyridine rings is 1. The van der Waals surface area contributed by atoms with Gasteiger partial charge in [0, 0.05) is 32.1 Å². The predicted molar refractivity (Wildman–Crippen MR) is 363 cm³/mol. The molecule has 6 atom stereocenters. The molecule has 25 heteroatoms. The second kappa shape index (κ2) is 33.2. The molecule has 1 aromatic heterocycles. The quantitative estimate of drug-likeness (QED) is 0.0264. The zero-order chi connectivity index (χ0) is 70.2. The van der Waals surface area contributed by atoms with Crippen LogP contribution in [0.3, 0.4) is 0 Å². The molecular weight excluding hydrogens is 1220 g/mol. The molecule has 23 nitrogen and oxygen atoms in total. The Morgan fingerprint density at radius 2 is 1.02 bits per heavy atom. The molecule has 2 aliphatic heterocycles. The Morgan fingerprint density at radius 3 is 1.40 bits per heavy atom. The van der Waals surface area contributed by atoms with Gasteiger partial charge in [-0.1, -0.05) is 100 Å². The number of hydrogen-bond donors (Lipinski definition) is 7. The smallest absolute Gasteiger partial charge is 0.408 e. The van der Waals surface area contributed by atoms with Crippen LogP contribution in [0, 0.1) is 11.8 Å². The molecule has 2 aliphatic rings. The molecule has 0 radical (unpaired) electrons. The summed E-state index contributed by atoms with van der Waals surface area (Å²) in [5, 5.41) is 23.1. The number of nitrogens with zero attached hydrogens (tertiary/aromatic N) is 3. The van der Waals surface area contributed by atoms with E-state index in [0.29, 0.717) is 56.0 Å². The molecule has 0 aliphatic carbocycles. The first-order chi connectivity index (χ1) is 42.9. The van der Waals surface area contributed by atoms with Crippen molar-refractivity contribution >= 4 is 70.5 Å². The highest BCUT2D eigenvalue weighted by Crippen LogP contribution is 2.39. The average Bonchev–Trinajstić information content (AvgIpc) is 0.861. The number of rotatable bonds is 23. The van der Waals surface area contributed by atoms with E-state index in [1.165, 1.54) is 10.0 Å². The van der Waals surface area contributed by atoms with Crippen molar-refractivity contribution < 1.29 is 66.5 Å². The van der Waals surface area contributed by atoms with Gasteiger partial charge in [0.15, 0.2) is 0 Å². The molecule has 7 N–H and O–H groups in total. The first-order valence-corrected chi connectivity index (χ1v) is 38.0. The Labute approximate surface area is 553 Å². The normalized spacial score (nSPS) is 17.0. The minimum absolute atomic E-state index is 0.0108. The van der Waals surface area contributed by atoms with Gasteiger partial charge in [-0.25, -0.2) is 20.4 Å². The van der Waals surface area contributed by atoms with Crippen LogP contribution in [0.1, 0.15) is 159 Å². The molecule has 3 aromatic rings. The number of amides is 6. The minimum Gasteiger partial charge on any atom is -0.543 e. The number of carboxylic acid groups (broad SMARTS) is 1. The van der Waals surface area contributed by atoms with E-state index >= 15 is 0 Å². The summed E-state index contributed by atoms with van der Waals surface area (Å²) in [6.45, 7) is 43.5. The summed E-state index contributed by atoms with van der Waals surface area (Å²) < 4.78 is 29.3. The van der Waals surface area contributed by atoms with Crippen LogP contribution in [0.15, 0.2) is 73.4 Å². The number of carbonyl (C=O) groups excluding carboxylic acids is 7. The minimum atomic E-state index is -2.15. The number of alkyl carbamates (subject to hydrolysis) is 2. The maximum absolute atomic E-state index is 14.2. The van der Waals surface area contributed by atoms with E-state index in [9.17, 15) is 43.5 Å². The van der Waals surface area contributed by atoms with E-state index in [0.717, 1.165) is 16.7 Å². The number of hydrogen-bond acceptors (Lipinski definition) is 16. The largest absolute Gasteiger partial charge is 0.543 e. The molecule has 2 saturated heterocycles. The van der Waals surface area contributed by atoms with Crippen molar-refractivity contribution in [1.82, 2.24) is 47.1 Å². The number of carbonyl (C=O) groups is 8. The maximum atomic E-state index is 14.2. The van der Waals surface area contributed by atoms with Gasteiger partial charge in [-0.05, 0) is 174 Å². The van der Waals surface area contributed by atoms with E-state index < -0.39 is 112 Å². The van der Waals surface area contributed by atoms with Crippen molar-refractivity contribution in [2.45, 2.75) is 240 Å². The van der Waals surface area contributed by atoms with Crippen molar-refractivity contribution in [3.63, 3.8) is 0 Å². The van der Waals surface area contributed by atoms with E-state index in [2.05, 4.69) is 111 Å². The van der Waals surface area contributed by atoms with E-state index in [1.807, 2.05) is 48.5 Å². The lowest BCUT2D eigenvalue weighted by Crippen LogP contribution is -2.62. The number of ether oxygens (including phenoxy) is 3. The number of benzene rings is 2. The highest BCUT2D eigenvalue weighted by atomic mass is 28.4. The summed E-state index contributed by atoms with van der Waals surface area (Å²) in [5.41, 5.74) is 7.28. The molecule has 516 valence electrons. The van der Waals surface area contributed by atoms with Crippen LogP contribution in [0.4, 0.5) is 9.59 Å². The van der Waals surface area contributed by atoms with E-state index in [1.54, 1.807) is 93.6 Å². The van der Waals surface area contributed by atoms with E-state index in [4.69, 9.17) is 23.1 Å². The van der Waals surface area contributed by atoms with Gasteiger partial charge in [0.1, 0.15) is 65.6 Å². The highest BCUT2D eigenvalue weighted by molar-refractivity contribution is 6.75. The molecule has 3 heterocycles. The first kappa shape index (κ1) is 78.1. The third kappa shape index (κ3) is 25.1. The maximum Gasteiger partial charge on any atom is 0.408 e. The van der Waals surface area contributed by atoms with Gasteiger partial charge in [-0.15, -0.1) is 0 Å². The molecule has 0 bridgehead atoms. The van der Waals surface area contributed by atoms with Crippen LogP contribution in [0.5, 0.6) is 11.5 Å². The molecule has 5 rings (SSSR count). The van der Waals surface area contributed by atoms with E-state index in [-0.39, 0.29) is 41.4 Å². The fourth-order valence-electron chi connectivity index (χ4n) is 9.27. The first-order valence-electron chi connectivity index (χ1n) is 32.2. The molecule has 0 saturated carbocycles. The molecule has 0 spiro atoms. The Bertz CT molecular complexity index is 3080. The predicted octanol–water partition coefficient (Wildman–Crippen LogP) is 10.2. The topological polar surface area (TPSA) is 294 Å². The zero-order valence-corrected chi connectivity index (χ0v) is 60.7. The zero-order valence-electron chi connectivity index (χ0n) is 58.7. The Kier molecular flexibility index (Phi) is 27.8. The van der Waals surface area contributed by atoms with Crippen molar-refractivity contribution in [1.29, 1.82) is 0 Å². The summed E-state index contributed by atoms with van der Waals surface area (Å²) in [6, 6.07) is 12.8. The van der Waals surface area contributed by atoms with Gasteiger partial charge in [0.25, 0.3) is 11.8 Å². The third-order valence-corrected chi connectivity index (χ3v) is 25.1. The lowest BCUT2D eigenvalue weighted by atomic mass is 10.0. The van der Waals surface area contributed by atoms with Gasteiger partial charge in [-0.3, -0.25) is 43.8 Å². The highest BCUT2D eigenvalue weighted by Gasteiger charge is 2.42. The van der Waals surface area contributed by atoms with Gasteiger partial charge in [0.05, 0.1) is 5.69 Å². The van der Waals surface area contributed by atoms with Gasteiger partial charge in [0.2, 0.25) is 28.4 Å². The van der Waals surface area contributed by atoms with Crippen LogP contribution in [0.25, 0.3) is 6.08 Å². The molecule has 93 heavy (non-hydrogen) atoms. The van der Waals surface area contributed by atoms with Gasteiger partial charge in [-0.2, -0.15) is 0 Å². The monoisotopic (exact) mass is 1330 g/mol. The number of nitrogens with one attached hydrogen (secondary N) is 6. The van der Waals surface area contributed by atoms with Crippen molar-refractivity contribution in [2.75, 3.05) is 13.1 Å². The second-order valence-electron chi connectivity index (χ2n) is 29.7. The number of carboxylic acids is 1. The van der Waals surface area contributed by atoms with Crippen LogP contribution in [-0.4, -0.2) is 145 Å². The fraction of sp³-hybridized carbons (Fsp3) is 0.603. The summed E-state index contributed by atoms with van der Waals surface area (Å²) in [5.74, 6) is -2.77. The fourth-order valence-corrected chi connectivity index (χ4v) is 11.3. The summed E-state index contributed by atoms with van der Waals surface area (Å²) in [6.07, 6.45) is 3.92. The van der Waals surface area contributed by atoms with Gasteiger partial charge < -0.3 is 49.4 Å². The van der Waals surface area contributed by atoms with Crippen molar-refractivity contribution in [3.8, 4) is 11.5 Å². The Hall–Kier alpha value is -7.36. The lowest BCUT2D eigenvalue weighted by molar-refractivity contribution is -0.154. The molecule has 2 fully saturated rings. The van der Waals surface area contributed by atoms with Crippen LogP contribution in [0.2, 0.25) is 36.3 Å². The summed E-state index contributed by atoms with van der Waals surface area (Å²) >= 11 is 0. The second-order valence-corrected chi connectivity index (χ2v) is 39.1. The lowest BCUT2D eigenvalue weighted by Gasteiger charge is -2.36. The van der Waals surface area contributed by atoms with Crippen molar-refractivity contribution in [2.24, 2.45) is 11.8 Å². The Balaban J connectivity index is 0.000000404. The van der Waals surface area contributed by atoms with Crippen LogP contribution in [-0.2, 0) is 62.4 Å². The summed E-state index contributed by atoms with van der Waals surface area (Å²) in [7, 11) is -4.28.